The van der Waals surface area contributed by atoms with Crippen molar-refractivity contribution in [2.45, 2.75) is 50.7 Å². The molecule has 8 heteroatoms. The number of benzene rings is 2. The fourth-order valence-corrected chi connectivity index (χ4v) is 5.96. The lowest BCUT2D eigenvalue weighted by atomic mass is 9.93. The van der Waals surface area contributed by atoms with Gasteiger partial charge in [-0.25, -0.2) is 0 Å². The quantitative estimate of drug-likeness (QED) is 0.456. The number of hydrogen-bond donors (Lipinski definition) is 2. The summed E-state index contributed by atoms with van der Waals surface area (Å²) < 4.78 is 0. The largest absolute Gasteiger partial charge is 0.380 e. The average Bonchev–Trinajstić information content (AvgIpc) is 3.23. The first-order valence-corrected chi connectivity index (χ1v) is 13.8. The van der Waals surface area contributed by atoms with E-state index in [-0.39, 0.29) is 5.91 Å². The number of imide groups is 1. The number of anilines is 1. The molecule has 39 heavy (non-hydrogen) atoms. The number of fused-ring (bicyclic) bond motifs is 1. The number of aromatic nitrogens is 1. The molecule has 8 nitrogen and oxygen atoms in total. The summed E-state index contributed by atoms with van der Waals surface area (Å²) in [6, 6.07) is 19.2. The number of nitrogens with one attached hydrogen (secondary N) is 2. The van der Waals surface area contributed by atoms with Crippen LogP contribution in [0.4, 0.5) is 5.69 Å². The summed E-state index contributed by atoms with van der Waals surface area (Å²) in [5.41, 5.74) is 4.89. The van der Waals surface area contributed by atoms with Crippen molar-refractivity contribution in [3.8, 4) is 0 Å². The average molecular weight is 524 g/mol. The minimum Gasteiger partial charge on any atom is -0.380 e. The first kappa shape index (κ1) is 25.2. The summed E-state index contributed by atoms with van der Waals surface area (Å²) in [7, 11) is 0. The van der Waals surface area contributed by atoms with Crippen molar-refractivity contribution in [2.75, 3.05) is 25.0 Å². The number of carbonyl (C=O) groups is 3. The summed E-state index contributed by atoms with van der Waals surface area (Å²) in [5.74, 6) is -0.510. The molecule has 6 rings (SSSR count). The number of carbonyl (C=O) groups excluding carboxylic acids is 3. The Hall–Kier alpha value is -4.04. The van der Waals surface area contributed by atoms with Crippen molar-refractivity contribution in [1.82, 2.24) is 20.1 Å². The van der Waals surface area contributed by atoms with E-state index < -0.39 is 17.9 Å². The molecule has 1 unspecified atom stereocenters. The lowest BCUT2D eigenvalue weighted by Crippen LogP contribution is -2.52. The van der Waals surface area contributed by atoms with Gasteiger partial charge in [-0.1, -0.05) is 36.4 Å². The van der Waals surface area contributed by atoms with Crippen molar-refractivity contribution in [3.05, 3.63) is 94.8 Å². The smallest absolute Gasteiger partial charge is 0.264 e. The van der Waals surface area contributed by atoms with Crippen LogP contribution in [0.1, 0.15) is 69.1 Å². The van der Waals surface area contributed by atoms with Crippen LogP contribution < -0.4 is 10.6 Å². The van der Waals surface area contributed by atoms with Gasteiger partial charge in [-0.05, 0) is 74.2 Å². The molecule has 0 radical (unpaired) electrons. The standard InChI is InChI=1S/C31H33N5O3/c37-29-27(8-4-16-33-29)36-30(38)24-5-3-7-26(28(24)31(36)39)34-19-21-9-11-22(12-10-21)20-35-17-13-23(14-18-35)25-6-1-2-15-32-25/h1-3,5-7,9-12,15,23,27,34H,4,8,13-14,16-20H2,(H,33,37). The maximum atomic E-state index is 13.3. The molecule has 1 aromatic heterocycles. The number of rotatable bonds is 7. The van der Waals surface area contributed by atoms with E-state index in [9.17, 15) is 14.4 Å². The van der Waals surface area contributed by atoms with Crippen LogP contribution in [0.5, 0.6) is 0 Å². The first-order chi connectivity index (χ1) is 19.1. The molecule has 3 amide bonds. The second-order valence-electron chi connectivity index (χ2n) is 10.6. The first-order valence-electron chi connectivity index (χ1n) is 13.8. The summed E-state index contributed by atoms with van der Waals surface area (Å²) in [4.78, 5) is 46.9. The molecule has 0 saturated carbocycles. The summed E-state index contributed by atoms with van der Waals surface area (Å²) in [5, 5.41) is 6.12. The van der Waals surface area contributed by atoms with Gasteiger partial charge < -0.3 is 10.6 Å². The van der Waals surface area contributed by atoms with Crippen LogP contribution >= 0.6 is 0 Å². The second-order valence-corrected chi connectivity index (χ2v) is 10.6. The molecule has 0 aliphatic carbocycles. The molecule has 1 atom stereocenters. The number of amides is 3. The molecule has 2 aromatic carbocycles. The van der Waals surface area contributed by atoms with Gasteiger partial charge in [0.1, 0.15) is 6.04 Å². The lowest BCUT2D eigenvalue weighted by Gasteiger charge is -2.31. The fraction of sp³-hybridized carbons (Fsp3) is 0.355. The fourth-order valence-electron chi connectivity index (χ4n) is 5.96. The van der Waals surface area contributed by atoms with Gasteiger partial charge in [0.25, 0.3) is 11.8 Å². The molecule has 3 aliphatic heterocycles. The third-order valence-electron chi connectivity index (χ3n) is 8.12. The molecule has 2 N–H and O–H groups in total. The third-order valence-corrected chi connectivity index (χ3v) is 8.12. The predicted octanol–water partition coefficient (Wildman–Crippen LogP) is 3.95. The van der Waals surface area contributed by atoms with E-state index in [0.29, 0.717) is 42.2 Å². The van der Waals surface area contributed by atoms with E-state index in [1.807, 2.05) is 18.3 Å². The topological polar surface area (TPSA) is 94.6 Å². The van der Waals surface area contributed by atoms with Crippen LogP contribution in [0.25, 0.3) is 0 Å². The zero-order valence-electron chi connectivity index (χ0n) is 21.9. The molecular formula is C31H33N5O3. The summed E-state index contributed by atoms with van der Waals surface area (Å²) in [6.45, 7) is 4.16. The molecule has 2 fully saturated rings. The highest BCUT2D eigenvalue weighted by Gasteiger charge is 2.44. The van der Waals surface area contributed by atoms with Crippen LogP contribution in [0.2, 0.25) is 0 Å². The molecular weight excluding hydrogens is 490 g/mol. The Morgan fingerprint density at radius 1 is 0.872 bits per heavy atom. The number of piperidine rings is 2. The number of hydrogen-bond acceptors (Lipinski definition) is 6. The van der Waals surface area contributed by atoms with Crippen LogP contribution in [0.3, 0.4) is 0 Å². The number of nitrogens with zero attached hydrogens (tertiary/aromatic N) is 3. The normalized spacial score (nSPS) is 20.2. The maximum Gasteiger partial charge on any atom is 0.264 e. The minimum absolute atomic E-state index is 0.261. The lowest BCUT2D eigenvalue weighted by molar-refractivity contribution is -0.126. The molecule has 2 saturated heterocycles. The Morgan fingerprint density at radius 3 is 2.41 bits per heavy atom. The zero-order chi connectivity index (χ0) is 26.8. The van der Waals surface area contributed by atoms with E-state index in [2.05, 4.69) is 56.9 Å². The van der Waals surface area contributed by atoms with Gasteiger partial charge in [0.05, 0.1) is 11.1 Å². The van der Waals surface area contributed by atoms with Crippen LogP contribution in [0.15, 0.2) is 66.9 Å². The zero-order valence-corrected chi connectivity index (χ0v) is 21.9. The second kappa shape index (κ2) is 11.0. The number of likely N-dealkylation sites (tertiary alicyclic amines) is 1. The van der Waals surface area contributed by atoms with Crippen LogP contribution in [-0.2, 0) is 17.9 Å². The van der Waals surface area contributed by atoms with Crippen molar-refractivity contribution in [1.29, 1.82) is 0 Å². The van der Waals surface area contributed by atoms with Gasteiger partial charge in [0, 0.05) is 43.1 Å². The highest BCUT2D eigenvalue weighted by molar-refractivity contribution is 6.25. The predicted molar refractivity (Wildman–Crippen MR) is 148 cm³/mol. The minimum atomic E-state index is -0.743. The Kier molecular flexibility index (Phi) is 7.11. The Balaban J connectivity index is 1.06. The van der Waals surface area contributed by atoms with Gasteiger partial charge >= 0.3 is 0 Å². The highest BCUT2D eigenvalue weighted by atomic mass is 16.2. The van der Waals surface area contributed by atoms with Crippen molar-refractivity contribution in [3.63, 3.8) is 0 Å². The van der Waals surface area contributed by atoms with Gasteiger partial charge in [-0.2, -0.15) is 0 Å². The monoisotopic (exact) mass is 523 g/mol. The molecule has 200 valence electrons. The van der Waals surface area contributed by atoms with E-state index in [1.54, 1.807) is 12.1 Å². The number of pyridine rings is 1. The van der Waals surface area contributed by atoms with Gasteiger partial charge in [-0.15, -0.1) is 0 Å². The summed E-state index contributed by atoms with van der Waals surface area (Å²) >= 11 is 0. The molecule has 0 spiro atoms. The molecule has 3 aromatic rings. The van der Waals surface area contributed by atoms with Crippen molar-refractivity contribution >= 4 is 23.4 Å². The summed E-state index contributed by atoms with van der Waals surface area (Å²) in [6.07, 6.45) is 5.38. The third kappa shape index (κ3) is 5.16. The van der Waals surface area contributed by atoms with E-state index in [1.165, 1.54) is 11.3 Å². The van der Waals surface area contributed by atoms with E-state index >= 15 is 0 Å². The van der Waals surface area contributed by atoms with Gasteiger partial charge in [0.15, 0.2) is 0 Å². The van der Waals surface area contributed by atoms with Crippen LogP contribution in [-0.4, -0.2) is 58.2 Å². The van der Waals surface area contributed by atoms with Gasteiger partial charge in [0.2, 0.25) is 5.91 Å². The molecule has 0 bridgehead atoms. The Bertz CT molecular complexity index is 1370. The molecule has 3 aliphatic rings. The SMILES string of the molecule is O=C1NCCCC1N1C(=O)c2cccc(NCc3ccc(CN4CCC(c5ccccn5)CC4)cc3)c2C1=O. The Labute approximate surface area is 228 Å². The van der Waals surface area contributed by atoms with Crippen LogP contribution in [0, 0.1) is 0 Å². The Morgan fingerprint density at radius 2 is 1.67 bits per heavy atom. The van der Waals surface area contributed by atoms with Gasteiger partial charge in [-0.3, -0.25) is 29.2 Å². The maximum absolute atomic E-state index is 13.3. The van der Waals surface area contributed by atoms with E-state index in [4.69, 9.17) is 0 Å². The molecule has 4 heterocycles. The van der Waals surface area contributed by atoms with Crippen molar-refractivity contribution in [2.24, 2.45) is 0 Å². The van der Waals surface area contributed by atoms with Crippen molar-refractivity contribution < 1.29 is 14.4 Å². The van der Waals surface area contributed by atoms with E-state index in [0.717, 1.165) is 49.4 Å². The highest BCUT2D eigenvalue weighted by Crippen LogP contribution is 2.32.